The molecule has 1 N–H and O–H groups in total. The van der Waals surface area contributed by atoms with Crippen LogP contribution in [0.4, 0.5) is 5.69 Å². The zero-order chi connectivity index (χ0) is 14.4. The molecule has 20 heavy (non-hydrogen) atoms. The van der Waals surface area contributed by atoms with Crippen molar-refractivity contribution in [3.63, 3.8) is 0 Å². The number of para-hydroxylation sites is 1. The van der Waals surface area contributed by atoms with Crippen LogP contribution in [0.1, 0.15) is 37.8 Å². The number of nitrogens with one attached hydrogen (secondary N) is 1. The fourth-order valence-electron chi connectivity index (χ4n) is 2.97. The van der Waals surface area contributed by atoms with Gasteiger partial charge in [-0.2, -0.15) is 0 Å². The van der Waals surface area contributed by atoms with Crippen molar-refractivity contribution < 1.29 is 0 Å². The number of rotatable bonds is 7. The molecular formula is C17H29N3. The van der Waals surface area contributed by atoms with Gasteiger partial charge in [-0.25, -0.2) is 0 Å². The molecule has 1 aromatic carbocycles. The van der Waals surface area contributed by atoms with Crippen molar-refractivity contribution in [1.82, 2.24) is 10.2 Å². The van der Waals surface area contributed by atoms with Gasteiger partial charge in [0.1, 0.15) is 0 Å². The third-order valence-electron chi connectivity index (χ3n) is 4.01. The molecule has 1 aliphatic rings. The van der Waals surface area contributed by atoms with E-state index in [4.69, 9.17) is 0 Å². The minimum absolute atomic E-state index is 0.538. The average Bonchev–Trinajstić information content (AvgIpc) is 2.46. The minimum Gasteiger partial charge on any atom is -0.371 e. The molecule has 1 heterocycles. The highest BCUT2D eigenvalue weighted by Crippen LogP contribution is 2.33. The second-order valence-corrected chi connectivity index (χ2v) is 6.00. The summed E-state index contributed by atoms with van der Waals surface area (Å²) in [6, 6.07) is 9.45. The van der Waals surface area contributed by atoms with Gasteiger partial charge in [0.15, 0.2) is 0 Å². The van der Waals surface area contributed by atoms with Crippen LogP contribution in [0.5, 0.6) is 0 Å². The maximum atomic E-state index is 3.69. The average molecular weight is 275 g/mol. The molecule has 1 aliphatic heterocycles. The number of fused-ring (bicyclic) bond motifs is 1. The Hall–Kier alpha value is -1.06. The van der Waals surface area contributed by atoms with E-state index in [2.05, 4.69) is 60.4 Å². The first-order chi connectivity index (χ1) is 9.72. The Kier molecular flexibility index (Phi) is 5.86. The molecule has 1 atom stereocenters. The van der Waals surface area contributed by atoms with Crippen LogP contribution in [0.3, 0.4) is 0 Å². The fraction of sp³-hybridized carbons (Fsp3) is 0.647. The number of hydrogen-bond acceptors (Lipinski definition) is 3. The number of anilines is 1. The van der Waals surface area contributed by atoms with Gasteiger partial charge in [0.2, 0.25) is 0 Å². The highest BCUT2D eigenvalue weighted by atomic mass is 15.2. The molecule has 0 aliphatic carbocycles. The highest BCUT2D eigenvalue weighted by Gasteiger charge is 2.23. The van der Waals surface area contributed by atoms with Gasteiger partial charge in [-0.1, -0.05) is 25.1 Å². The zero-order valence-electron chi connectivity index (χ0n) is 13.2. The van der Waals surface area contributed by atoms with Crippen LogP contribution in [-0.4, -0.2) is 45.2 Å². The van der Waals surface area contributed by atoms with Gasteiger partial charge in [0.05, 0.1) is 0 Å². The van der Waals surface area contributed by atoms with Crippen molar-refractivity contribution in [3.8, 4) is 0 Å². The van der Waals surface area contributed by atoms with Gasteiger partial charge in [-0.3, -0.25) is 0 Å². The van der Waals surface area contributed by atoms with E-state index in [0.29, 0.717) is 6.04 Å². The summed E-state index contributed by atoms with van der Waals surface area (Å²) in [6.07, 6.45) is 3.65. The van der Waals surface area contributed by atoms with Crippen molar-refractivity contribution in [2.45, 2.75) is 32.2 Å². The Balaban J connectivity index is 2.02. The summed E-state index contributed by atoms with van der Waals surface area (Å²) < 4.78 is 0. The van der Waals surface area contributed by atoms with E-state index < -0.39 is 0 Å². The maximum Gasteiger partial charge on any atom is 0.0414 e. The van der Waals surface area contributed by atoms with E-state index in [1.54, 1.807) is 0 Å². The topological polar surface area (TPSA) is 18.5 Å². The first kappa shape index (κ1) is 15.3. The summed E-state index contributed by atoms with van der Waals surface area (Å²) >= 11 is 0. The van der Waals surface area contributed by atoms with Crippen LogP contribution in [0.2, 0.25) is 0 Å². The SMILES string of the molecule is CCCNC1CCN(CCCN(C)C)c2ccccc21. The second kappa shape index (κ2) is 7.65. The van der Waals surface area contributed by atoms with Crippen LogP contribution in [-0.2, 0) is 0 Å². The molecular weight excluding hydrogens is 246 g/mol. The van der Waals surface area contributed by atoms with Crippen LogP contribution in [0, 0.1) is 0 Å². The van der Waals surface area contributed by atoms with Gasteiger partial charge in [0.25, 0.3) is 0 Å². The van der Waals surface area contributed by atoms with E-state index in [9.17, 15) is 0 Å². The van der Waals surface area contributed by atoms with E-state index in [-0.39, 0.29) is 0 Å². The molecule has 112 valence electrons. The summed E-state index contributed by atoms with van der Waals surface area (Å²) in [4.78, 5) is 4.82. The second-order valence-electron chi connectivity index (χ2n) is 6.00. The molecule has 3 heteroatoms. The molecule has 0 fully saturated rings. The Labute approximate surface area is 124 Å². The Morgan fingerprint density at radius 1 is 1.30 bits per heavy atom. The van der Waals surface area contributed by atoms with E-state index in [1.807, 2.05) is 0 Å². The molecule has 1 unspecified atom stereocenters. The third-order valence-corrected chi connectivity index (χ3v) is 4.01. The van der Waals surface area contributed by atoms with Crippen LogP contribution < -0.4 is 10.2 Å². The molecule has 2 rings (SSSR count). The molecule has 3 nitrogen and oxygen atoms in total. The number of benzene rings is 1. The summed E-state index contributed by atoms with van der Waals surface area (Å²) in [5.41, 5.74) is 2.92. The van der Waals surface area contributed by atoms with Gasteiger partial charge < -0.3 is 15.1 Å². The van der Waals surface area contributed by atoms with Crippen LogP contribution in [0.25, 0.3) is 0 Å². The lowest BCUT2D eigenvalue weighted by Crippen LogP contribution is -2.37. The summed E-state index contributed by atoms with van der Waals surface area (Å²) in [6.45, 7) is 6.84. The predicted octanol–water partition coefficient (Wildman–Crippen LogP) is 2.89. The molecule has 0 saturated heterocycles. The third kappa shape index (κ3) is 3.97. The van der Waals surface area contributed by atoms with Crippen molar-refractivity contribution in [1.29, 1.82) is 0 Å². The number of hydrogen-bond donors (Lipinski definition) is 1. The van der Waals surface area contributed by atoms with Gasteiger partial charge in [-0.15, -0.1) is 0 Å². The van der Waals surface area contributed by atoms with Crippen molar-refractivity contribution in [2.75, 3.05) is 45.2 Å². The Morgan fingerprint density at radius 2 is 2.10 bits per heavy atom. The smallest absolute Gasteiger partial charge is 0.0414 e. The molecule has 1 aromatic rings. The first-order valence-corrected chi connectivity index (χ1v) is 7.94. The molecule has 0 bridgehead atoms. The summed E-state index contributed by atoms with van der Waals surface area (Å²) in [5, 5.41) is 3.69. The highest BCUT2D eigenvalue weighted by molar-refractivity contribution is 5.56. The number of nitrogens with zero attached hydrogens (tertiary/aromatic N) is 2. The van der Waals surface area contributed by atoms with Gasteiger partial charge >= 0.3 is 0 Å². The van der Waals surface area contributed by atoms with Gasteiger partial charge in [0, 0.05) is 24.8 Å². The molecule has 0 spiro atoms. The first-order valence-electron chi connectivity index (χ1n) is 7.94. The monoisotopic (exact) mass is 275 g/mol. The molecule has 0 amide bonds. The normalized spacial score (nSPS) is 18.4. The van der Waals surface area contributed by atoms with E-state index in [0.717, 1.165) is 19.6 Å². The quantitative estimate of drug-likeness (QED) is 0.825. The maximum absolute atomic E-state index is 3.69. The van der Waals surface area contributed by atoms with E-state index >= 15 is 0 Å². The minimum atomic E-state index is 0.538. The van der Waals surface area contributed by atoms with Crippen LogP contribution >= 0.6 is 0 Å². The lowest BCUT2D eigenvalue weighted by Gasteiger charge is -2.36. The molecule has 0 radical (unpaired) electrons. The summed E-state index contributed by atoms with van der Waals surface area (Å²) in [7, 11) is 4.30. The lowest BCUT2D eigenvalue weighted by molar-refractivity contribution is 0.396. The Morgan fingerprint density at radius 3 is 2.85 bits per heavy atom. The zero-order valence-corrected chi connectivity index (χ0v) is 13.2. The van der Waals surface area contributed by atoms with E-state index in [1.165, 1.54) is 37.1 Å². The lowest BCUT2D eigenvalue weighted by atomic mass is 9.96. The van der Waals surface area contributed by atoms with Crippen molar-refractivity contribution in [3.05, 3.63) is 29.8 Å². The fourth-order valence-corrected chi connectivity index (χ4v) is 2.97. The van der Waals surface area contributed by atoms with Crippen LogP contribution in [0.15, 0.2) is 24.3 Å². The molecule has 0 aromatic heterocycles. The summed E-state index contributed by atoms with van der Waals surface area (Å²) in [5.74, 6) is 0. The van der Waals surface area contributed by atoms with Crippen molar-refractivity contribution in [2.24, 2.45) is 0 Å². The van der Waals surface area contributed by atoms with Gasteiger partial charge in [-0.05, 0) is 58.1 Å². The standard InChI is InChI=1S/C17H29N3/c1-4-11-18-16-10-14-20(13-7-12-19(2)3)17-9-6-5-8-15(16)17/h5-6,8-9,16,18H,4,7,10-14H2,1-3H3. The Bertz CT molecular complexity index is 403. The molecule has 0 saturated carbocycles. The largest absolute Gasteiger partial charge is 0.371 e. The predicted molar refractivity (Wildman–Crippen MR) is 87.5 cm³/mol. The van der Waals surface area contributed by atoms with Crippen molar-refractivity contribution >= 4 is 5.69 Å².